The van der Waals surface area contributed by atoms with Gasteiger partial charge in [-0.1, -0.05) is 30.8 Å². The van der Waals surface area contributed by atoms with E-state index in [1.807, 2.05) is 20.8 Å². The number of hydrogen-bond donors (Lipinski definition) is 3. The summed E-state index contributed by atoms with van der Waals surface area (Å²) in [6, 6.07) is 6.26. The van der Waals surface area contributed by atoms with E-state index in [1.165, 1.54) is 23.5 Å². The normalized spacial score (nSPS) is 10.9. The van der Waals surface area contributed by atoms with Gasteiger partial charge in [0, 0.05) is 11.6 Å². The molecule has 0 radical (unpaired) electrons. The predicted octanol–water partition coefficient (Wildman–Crippen LogP) is 2.52. The van der Waals surface area contributed by atoms with Gasteiger partial charge >= 0.3 is 5.69 Å². The van der Waals surface area contributed by atoms with Crippen LogP contribution in [0.2, 0.25) is 0 Å². The molecule has 1 aromatic carbocycles. The molecule has 0 spiro atoms. The van der Waals surface area contributed by atoms with Crippen molar-refractivity contribution in [3.63, 3.8) is 0 Å². The largest absolute Gasteiger partial charge is 0.325 e. The number of nitrogens with zero attached hydrogens (tertiary/aromatic N) is 1. The van der Waals surface area contributed by atoms with Crippen molar-refractivity contribution in [1.29, 1.82) is 0 Å². The highest BCUT2D eigenvalue weighted by atomic mass is 32.2. The number of aromatic amines is 2. The van der Waals surface area contributed by atoms with Crippen LogP contribution in [-0.4, -0.2) is 26.6 Å². The van der Waals surface area contributed by atoms with Gasteiger partial charge in [0.05, 0.1) is 11.3 Å². The average molecular weight is 384 g/mol. The Kier molecular flexibility index (Phi) is 5.46. The minimum absolute atomic E-state index is 0.00820. The van der Waals surface area contributed by atoms with Crippen LogP contribution in [0.25, 0.3) is 10.9 Å². The molecule has 8 heteroatoms. The number of carbonyl (C=O) groups excluding carboxylic acids is 1. The van der Waals surface area contributed by atoms with Gasteiger partial charge in [-0.2, -0.15) is 0 Å². The van der Waals surface area contributed by atoms with Crippen LogP contribution in [0.5, 0.6) is 0 Å². The third-order valence-corrected chi connectivity index (χ3v) is 5.40. The Balaban J connectivity index is 1.81. The molecule has 0 saturated heterocycles. The summed E-state index contributed by atoms with van der Waals surface area (Å²) in [5, 5.41) is 4.40. The lowest BCUT2D eigenvalue weighted by Crippen LogP contribution is -2.27. The van der Waals surface area contributed by atoms with E-state index in [-0.39, 0.29) is 17.3 Å². The molecule has 0 aliphatic heterocycles. The van der Waals surface area contributed by atoms with Crippen molar-refractivity contribution < 1.29 is 4.79 Å². The first-order chi connectivity index (χ1) is 12.9. The lowest BCUT2D eigenvalue weighted by Gasteiger charge is -2.11. The number of benzene rings is 1. The number of aromatic nitrogens is 3. The average Bonchev–Trinajstić information content (AvgIpc) is 2.65. The first-order valence-corrected chi connectivity index (χ1v) is 9.52. The van der Waals surface area contributed by atoms with E-state index in [9.17, 15) is 14.4 Å². The monoisotopic (exact) mass is 384 g/mol. The minimum Gasteiger partial charge on any atom is -0.320 e. The van der Waals surface area contributed by atoms with Gasteiger partial charge in [0.2, 0.25) is 5.91 Å². The fourth-order valence-electron chi connectivity index (χ4n) is 2.71. The molecule has 2 aromatic heterocycles. The second-order valence-electron chi connectivity index (χ2n) is 6.21. The third kappa shape index (κ3) is 4.11. The van der Waals surface area contributed by atoms with Crippen LogP contribution in [0.3, 0.4) is 0 Å². The minimum atomic E-state index is -0.638. The van der Waals surface area contributed by atoms with Crippen molar-refractivity contribution in [2.75, 3.05) is 11.1 Å². The molecule has 0 saturated carbocycles. The Labute approximate surface area is 159 Å². The van der Waals surface area contributed by atoms with E-state index >= 15 is 0 Å². The fourth-order valence-corrected chi connectivity index (χ4v) is 3.60. The summed E-state index contributed by atoms with van der Waals surface area (Å²) in [5.74, 6) is -0.239. The van der Waals surface area contributed by atoms with Crippen molar-refractivity contribution in [3.05, 3.63) is 61.9 Å². The number of anilines is 1. The zero-order valence-corrected chi connectivity index (χ0v) is 16.1. The van der Waals surface area contributed by atoms with Crippen molar-refractivity contribution in [3.8, 4) is 0 Å². The molecule has 0 atom stereocenters. The number of carbonyl (C=O) groups is 1. The smallest absolute Gasteiger partial charge is 0.320 e. The number of pyridine rings is 1. The van der Waals surface area contributed by atoms with E-state index in [0.29, 0.717) is 0 Å². The summed E-state index contributed by atoms with van der Waals surface area (Å²) in [4.78, 5) is 44.1. The molecule has 0 unspecified atom stereocenters. The molecular formula is C19H20N4O3S. The number of nitrogens with one attached hydrogen (secondary N) is 3. The zero-order valence-electron chi connectivity index (χ0n) is 15.3. The predicted molar refractivity (Wildman–Crippen MR) is 108 cm³/mol. The number of hydrogen-bond acceptors (Lipinski definition) is 5. The summed E-state index contributed by atoms with van der Waals surface area (Å²) in [6.45, 7) is 6.14. The number of thioether (sulfide) groups is 1. The van der Waals surface area contributed by atoms with Gasteiger partial charge in [-0.15, -0.1) is 0 Å². The van der Waals surface area contributed by atoms with Gasteiger partial charge in [-0.25, -0.2) is 9.78 Å². The van der Waals surface area contributed by atoms with E-state index in [2.05, 4.69) is 33.5 Å². The topological polar surface area (TPSA) is 108 Å². The van der Waals surface area contributed by atoms with Crippen LogP contribution in [-0.2, 0) is 11.2 Å². The molecule has 0 fully saturated rings. The van der Waals surface area contributed by atoms with Crippen LogP contribution in [0.15, 0.2) is 39.0 Å². The maximum absolute atomic E-state index is 12.2. The number of fused-ring (bicyclic) bond motifs is 1. The SMILES string of the molecule is CCc1cc2ccc(C)c(C)c2nc1SCC(=O)Nc1c[nH]c(=O)[nH]c1=O. The van der Waals surface area contributed by atoms with Gasteiger partial charge in [-0.3, -0.25) is 14.6 Å². The van der Waals surface area contributed by atoms with E-state index in [4.69, 9.17) is 4.98 Å². The van der Waals surface area contributed by atoms with Crippen LogP contribution in [0.1, 0.15) is 23.6 Å². The van der Waals surface area contributed by atoms with Crippen LogP contribution < -0.4 is 16.6 Å². The highest BCUT2D eigenvalue weighted by Gasteiger charge is 2.12. The van der Waals surface area contributed by atoms with Gasteiger partial charge in [-0.05, 0) is 43.0 Å². The van der Waals surface area contributed by atoms with Crippen molar-refractivity contribution in [2.24, 2.45) is 0 Å². The third-order valence-electron chi connectivity index (χ3n) is 4.37. The molecule has 3 rings (SSSR count). The summed E-state index contributed by atoms with van der Waals surface area (Å²) < 4.78 is 0. The fraction of sp³-hybridized carbons (Fsp3) is 0.263. The maximum atomic E-state index is 12.2. The van der Waals surface area contributed by atoms with Crippen molar-refractivity contribution in [2.45, 2.75) is 32.2 Å². The molecule has 140 valence electrons. The second-order valence-corrected chi connectivity index (χ2v) is 7.17. The van der Waals surface area contributed by atoms with Crippen LogP contribution >= 0.6 is 11.8 Å². The van der Waals surface area contributed by atoms with Crippen LogP contribution in [0, 0.1) is 13.8 Å². The standard InChI is InChI=1S/C19H20N4O3S/c1-4-12-7-13-6-5-10(2)11(3)16(13)22-18(12)27-9-15(24)21-14-8-20-19(26)23-17(14)25/h5-8H,4,9H2,1-3H3,(H,21,24)(H2,20,23,25,26). The number of H-pyrrole nitrogens is 2. The van der Waals surface area contributed by atoms with E-state index in [1.54, 1.807) is 0 Å². The Bertz CT molecular complexity index is 1130. The van der Waals surface area contributed by atoms with E-state index < -0.39 is 11.2 Å². The Hall–Kier alpha value is -2.87. The molecule has 0 bridgehead atoms. The summed E-state index contributed by atoms with van der Waals surface area (Å²) >= 11 is 1.33. The second kappa shape index (κ2) is 7.79. The van der Waals surface area contributed by atoms with Gasteiger partial charge in [0.1, 0.15) is 10.7 Å². The molecule has 3 aromatic rings. The summed E-state index contributed by atoms with van der Waals surface area (Å²) in [5.41, 5.74) is 3.06. The van der Waals surface area contributed by atoms with Gasteiger partial charge in [0.15, 0.2) is 0 Å². The summed E-state index contributed by atoms with van der Waals surface area (Å²) in [7, 11) is 0. The van der Waals surface area contributed by atoms with Gasteiger partial charge < -0.3 is 10.3 Å². The van der Waals surface area contributed by atoms with E-state index in [0.717, 1.165) is 33.5 Å². The summed E-state index contributed by atoms with van der Waals surface area (Å²) in [6.07, 6.45) is 1.99. The van der Waals surface area contributed by atoms with Crippen molar-refractivity contribution in [1.82, 2.24) is 15.0 Å². The molecule has 3 N–H and O–H groups in total. The lowest BCUT2D eigenvalue weighted by atomic mass is 10.0. The number of amides is 1. The highest BCUT2D eigenvalue weighted by Crippen LogP contribution is 2.28. The molecule has 0 aliphatic carbocycles. The number of rotatable bonds is 5. The molecule has 1 amide bonds. The Morgan fingerprint density at radius 1 is 1.26 bits per heavy atom. The quantitative estimate of drug-likeness (QED) is 0.586. The van der Waals surface area contributed by atoms with Crippen molar-refractivity contribution >= 4 is 34.3 Å². The van der Waals surface area contributed by atoms with Crippen LogP contribution in [0.4, 0.5) is 5.69 Å². The van der Waals surface area contributed by atoms with Gasteiger partial charge in [0.25, 0.3) is 5.56 Å². The number of aryl methyl sites for hydroxylation is 3. The Morgan fingerprint density at radius 2 is 2.04 bits per heavy atom. The lowest BCUT2D eigenvalue weighted by molar-refractivity contribution is -0.113. The molecule has 7 nitrogen and oxygen atoms in total. The first kappa shape index (κ1) is 18.9. The zero-order chi connectivity index (χ0) is 19.6. The maximum Gasteiger partial charge on any atom is 0.325 e. The molecule has 27 heavy (non-hydrogen) atoms. The highest BCUT2D eigenvalue weighted by molar-refractivity contribution is 8.00. The molecule has 0 aliphatic rings. The molecule has 2 heterocycles. The first-order valence-electron chi connectivity index (χ1n) is 8.53. The molecular weight excluding hydrogens is 364 g/mol. The Morgan fingerprint density at radius 3 is 2.74 bits per heavy atom.